The van der Waals surface area contributed by atoms with Crippen molar-refractivity contribution in [2.45, 2.75) is 31.1 Å². The van der Waals surface area contributed by atoms with Crippen LogP contribution in [0.25, 0.3) is 0 Å². The second kappa shape index (κ2) is 4.65. The summed E-state index contributed by atoms with van der Waals surface area (Å²) in [6, 6.07) is 1.75. The molecular formula is C13H15F2NO2. The quantitative estimate of drug-likeness (QED) is 0.871. The lowest BCUT2D eigenvalue weighted by atomic mass is 9.78. The molecule has 1 fully saturated rings. The van der Waals surface area contributed by atoms with Crippen molar-refractivity contribution in [1.29, 1.82) is 0 Å². The van der Waals surface area contributed by atoms with Gasteiger partial charge in [-0.2, -0.15) is 0 Å². The number of carboxylic acid groups (broad SMARTS) is 1. The van der Waals surface area contributed by atoms with Gasteiger partial charge in [0.05, 0.1) is 5.56 Å². The zero-order valence-electron chi connectivity index (χ0n) is 9.88. The van der Waals surface area contributed by atoms with E-state index in [0.29, 0.717) is 12.8 Å². The van der Waals surface area contributed by atoms with Crippen LogP contribution in [0, 0.1) is 11.6 Å². The van der Waals surface area contributed by atoms with Crippen molar-refractivity contribution < 1.29 is 18.7 Å². The average Bonchev–Trinajstić information content (AvgIpc) is 2.81. The van der Waals surface area contributed by atoms with Gasteiger partial charge in [-0.05, 0) is 30.5 Å². The summed E-state index contributed by atoms with van der Waals surface area (Å²) in [5.41, 5.74) is 4.75. The van der Waals surface area contributed by atoms with E-state index in [1.54, 1.807) is 0 Å². The molecule has 1 aliphatic carbocycles. The normalized spacial score (nSPS) is 17.9. The molecule has 0 spiro atoms. The summed E-state index contributed by atoms with van der Waals surface area (Å²) in [6.45, 7) is 0.246. The summed E-state index contributed by atoms with van der Waals surface area (Å²) in [5, 5.41) is 8.74. The number of carboxylic acids is 1. The third kappa shape index (κ3) is 1.99. The van der Waals surface area contributed by atoms with Gasteiger partial charge in [0, 0.05) is 12.0 Å². The first-order valence-corrected chi connectivity index (χ1v) is 5.93. The lowest BCUT2D eigenvalue weighted by molar-refractivity contribution is 0.0691. The summed E-state index contributed by atoms with van der Waals surface area (Å²) >= 11 is 0. The number of hydrogen-bond acceptors (Lipinski definition) is 2. The maximum Gasteiger partial charge on any atom is 0.338 e. The highest BCUT2D eigenvalue weighted by Crippen LogP contribution is 2.41. The van der Waals surface area contributed by atoms with Crippen molar-refractivity contribution in [3.8, 4) is 0 Å². The molecule has 3 nitrogen and oxygen atoms in total. The average molecular weight is 255 g/mol. The number of benzene rings is 1. The molecule has 1 aliphatic rings. The zero-order chi connectivity index (χ0) is 13.3. The Hall–Kier alpha value is -1.49. The van der Waals surface area contributed by atoms with Crippen LogP contribution in [-0.2, 0) is 5.41 Å². The van der Waals surface area contributed by atoms with E-state index < -0.39 is 28.6 Å². The Balaban J connectivity index is 2.52. The van der Waals surface area contributed by atoms with Gasteiger partial charge in [-0.1, -0.05) is 12.8 Å². The van der Waals surface area contributed by atoms with Gasteiger partial charge in [0.2, 0.25) is 0 Å². The van der Waals surface area contributed by atoms with Gasteiger partial charge in [-0.15, -0.1) is 0 Å². The van der Waals surface area contributed by atoms with E-state index in [1.165, 1.54) is 0 Å². The molecule has 0 aromatic heterocycles. The topological polar surface area (TPSA) is 63.3 Å². The van der Waals surface area contributed by atoms with Gasteiger partial charge in [0.15, 0.2) is 0 Å². The number of carbonyl (C=O) groups is 1. The lowest BCUT2D eigenvalue weighted by Crippen LogP contribution is -2.33. The maximum atomic E-state index is 14.0. The number of rotatable bonds is 3. The predicted octanol–water partition coefficient (Wildman–Crippen LogP) is 2.43. The molecule has 1 saturated carbocycles. The molecular weight excluding hydrogens is 240 g/mol. The molecule has 0 atom stereocenters. The Labute approximate surface area is 104 Å². The van der Waals surface area contributed by atoms with Gasteiger partial charge in [-0.25, -0.2) is 13.6 Å². The fourth-order valence-electron chi connectivity index (χ4n) is 2.75. The van der Waals surface area contributed by atoms with Gasteiger partial charge in [-0.3, -0.25) is 0 Å². The van der Waals surface area contributed by atoms with Gasteiger partial charge < -0.3 is 10.8 Å². The van der Waals surface area contributed by atoms with Crippen LogP contribution >= 0.6 is 0 Å². The molecule has 0 saturated heterocycles. The highest BCUT2D eigenvalue weighted by Gasteiger charge is 2.37. The van der Waals surface area contributed by atoms with Crippen LogP contribution in [-0.4, -0.2) is 17.6 Å². The first-order valence-electron chi connectivity index (χ1n) is 5.93. The zero-order valence-corrected chi connectivity index (χ0v) is 9.88. The highest BCUT2D eigenvalue weighted by molar-refractivity contribution is 5.88. The van der Waals surface area contributed by atoms with E-state index >= 15 is 0 Å². The summed E-state index contributed by atoms with van der Waals surface area (Å²) in [4.78, 5) is 10.7. The van der Waals surface area contributed by atoms with Crippen LogP contribution in [0.3, 0.4) is 0 Å². The summed E-state index contributed by atoms with van der Waals surface area (Å²) in [5.74, 6) is -3.05. The molecule has 1 aromatic carbocycles. The molecule has 0 unspecified atom stereocenters. The van der Waals surface area contributed by atoms with Crippen molar-refractivity contribution in [3.63, 3.8) is 0 Å². The molecule has 2 rings (SSSR count). The largest absolute Gasteiger partial charge is 0.478 e. The van der Waals surface area contributed by atoms with Gasteiger partial charge in [0.25, 0.3) is 0 Å². The fraction of sp³-hybridized carbons (Fsp3) is 0.462. The lowest BCUT2D eigenvalue weighted by Gasteiger charge is -2.28. The Kier molecular flexibility index (Phi) is 3.34. The van der Waals surface area contributed by atoms with Gasteiger partial charge in [0.1, 0.15) is 11.6 Å². The summed E-state index contributed by atoms with van der Waals surface area (Å²) in [7, 11) is 0. The molecule has 0 amide bonds. The predicted molar refractivity (Wildman–Crippen MR) is 62.5 cm³/mol. The Morgan fingerprint density at radius 2 is 1.89 bits per heavy atom. The van der Waals surface area contributed by atoms with E-state index in [9.17, 15) is 13.6 Å². The number of aromatic carboxylic acids is 1. The van der Waals surface area contributed by atoms with E-state index in [-0.39, 0.29) is 12.1 Å². The van der Waals surface area contributed by atoms with Crippen molar-refractivity contribution >= 4 is 5.97 Å². The number of halogens is 2. The summed E-state index contributed by atoms with van der Waals surface area (Å²) in [6.07, 6.45) is 3.29. The standard InChI is InChI=1S/C13H15F2NO2/c14-10-6-9(11(15)5-8(10)12(17)18)13(7-16)3-1-2-4-13/h5-6H,1-4,7,16H2,(H,17,18). The maximum absolute atomic E-state index is 14.0. The van der Waals surface area contributed by atoms with Crippen LogP contribution < -0.4 is 5.73 Å². The first kappa shape index (κ1) is 13.0. The molecule has 98 valence electrons. The second-order valence-corrected chi connectivity index (χ2v) is 4.81. The van der Waals surface area contributed by atoms with E-state index in [4.69, 9.17) is 10.8 Å². The van der Waals surface area contributed by atoms with Crippen LogP contribution in [0.5, 0.6) is 0 Å². The Bertz CT molecular complexity index is 482. The summed E-state index contributed by atoms with van der Waals surface area (Å²) < 4.78 is 27.6. The number of nitrogens with two attached hydrogens (primary N) is 1. The molecule has 0 heterocycles. The minimum Gasteiger partial charge on any atom is -0.478 e. The van der Waals surface area contributed by atoms with Crippen molar-refractivity contribution in [3.05, 3.63) is 34.9 Å². The van der Waals surface area contributed by atoms with Crippen LogP contribution in [0.1, 0.15) is 41.6 Å². The monoisotopic (exact) mass is 255 g/mol. The van der Waals surface area contributed by atoms with Crippen LogP contribution in [0.15, 0.2) is 12.1 Å². The third-order valence-corrected chi connectivity index (χ3v) is 3.81. The Morgan fingerprint density at radius 1 is 1.28 bits per heavy atom. The minimum absolute atomic E-state index is 0.213. The molecule has 1 aromatic rings. The molecule has 0 aliphatic heterocycles. The first-order chi connectivity index (χ1) is 8.50. The molecule has 18 heavy (non-hydrogen) atoms. The highest BCUT2D eigenvalue weighted by atomic mass is 19.1. The van der Waals surface area contributed by atoms with Crippen LogP contribution in [0.2, 0.25) is 0 Å². The smallest absolute Gasteiger partial charge is 0.338 e. The number of hydrogen-bond donors (Lipinski definition) is 2. The Morgan fingerprint density at radius 3 is 2.39 bits per heavy atom. The second-order valence-electron chi connectivity index (χ2n) is 4.81. The molecule has 5 heteroatoms. The third-order valence-electron chi connectivity index (χ3n) is 3.81. The SMILES string of the molecule is NCC1(c2cc(F)c(C(=O)O)cc2F)CCCC1. The van der Waals surface area contributed by atoms with Crippen molar-refractivity contribution in [2.75, 3.05) is 6.54 Å². The van der Waals surface area contributed by atoms with E-state index in [2.05, 4.69) is 0 Å². The molecule has 0 bridgehead atoms. The van der Waals surface area contributed by atoms with E-state index in [0.717, 1.165) is 25.0 Å². The van der Waals surface area contributed by atoms with E-state index in [1.807, 2.05) is 0 Å². The van der Waals surface area contributed by atoms with Gasteiger partial charge >= 0.3 is 5.97 Å². The van der Waals surface area contributed by atoms with Crippen molar-refractivity contribution in [1.82, 2.24) is 0 Å². The minimum atomic E-state index is -1.47. The van der Waals surface area contributed by atoms with Crippen LogP contribution in [0.4, 0.5) is 8.78 Å². The molecule has 0 radical (unpaired) electrons. The molecule has 3 N–H and O–H groups in total. The van der Waals surface area contributed by atoms with Crippen molar-refractivity contribution in [2.24, 2.45) is 5.73 Å². The fourth-order valence-corrected chi connectivity index (χ4v) is 2.75.